The van der Waals surface area contributed by atoms with Crippen LogP contribution in [0.2, 0.25) is 25.7 Å². The molecule has 0 bridgehead atoms. The van der Waals surface area contributed by atoms with Gasteiger partial charge in [-0.05, 0) is 37.2 Å². The number of nitrogens with two attached hydrogens (primary N) is 1. The minimum absolute atomic E-state index is 0.302. The van der Waals surface area contributed by atoms with Crippen molar-refractivity contribution in [3.05, 3.63) is 79.3 Å². The molecule has 5 aromatic rings. The lowest BCUT2D eigenvalue weighted by molar-refractivity contribution is -0.111. The van der Waals surface area contributed by atoms with Crippen LogP contribution < -0.4 is 15.8 Å². The van der Waals surface area contributed by atoms with Crippen LogP contribution in [0.25, 0.3) is 22.3 Å². The number of amides is 1. The molecule has 1 aromatic carbocycles. The molecular formula is C30H35N9O3Si. The van der Waals surface area contributed by atoms with Gasteiger partial charge in [-0.2, -0.15) is 5.10 Å². The van der Waals surface area contributed by atoms with Gasteiger partial charge in [0.1, 0.15) is 30.4 Å². The second-order valence-electron chi connectivity index (χ2n) is 11.3. The molecule has 43 heavy (non-hydrogen) atoms. The third-order valence-corrected chi connectivity index (χ3v) is 8.25. The predicted octanol–water partition coefficient (Wildman–Crippen LogP) is 5.25. The number of hydrogen-bond donors (Lipinski definition) is 2. The van der Waals surface area contributed by atoms with Crippen LogP contribution in [0, 0.1) is 6.92 Å². The molecule has 1 amide bonds. The Balaban J connectivity index is 1.48. The Bertz CT molecular complexity index is 1770. The van der Waals surface area contributed by atoms with Crippen LogP contribution in [0.4, 0.5) is 11.5 Å². The molecule has 4 aromatic heterocycles. The lowest BCUT2D eigenvalue weighted by Crippen LogP contribution is -2.22. The molecule has 0 saturated heterocycles. The monoisotopic (exact) mass is 597 g/mol. The maximum absolute atomic E-state index is 11.7. The highest BCUT2D eigenvalue weighted by Gasteiger charge is 2.19. The number of anilines is 2. The van der Waals surface area contributed by atoms with Crippen LogP contribution in [-0.4, -0.2) is 54.9 Å². The van der Waals surface area contributed by atoms with E-state index in [0.717, 1.165) is 22.9 Å². The van der Waals surface area contributed by atoms with Crippen LogP contribution in [0.5, 0.6) is 11.6 Å². The predicted molar refractivity (Wildman–Crippen MR) is 168 cm³/mol. The second kappa shape index (κ2) is 12.5. The van der Waals surface area contributed by atoms with Crippen LogP contribution in [-0.2, 0) is 22.8 Å². The third-order valence-electron chi connectivity index (χ3n) is 6.55. The summed E-state index contributed by atoms with van der Waals surface area (Å²) >= 11 is 0. The van der Waals surface area contributed by atoms with E-state index in [-0.39, 0.29) is 5.91 Å². The molecule has 5 rings (SSSR count). The van der Waals surface area contributed by atoms with E-state index in [4.69, 9.17) is 30.3 Å². The number of aromatic nitrogens is 7. The molecular weight excluding hydrogens is 562 g/mol. The maximum atomic E-state index is 11.7. The number of rotatable bonds is 12. The van der Waals surface area contributed by atoms with Gasteiger partial charge in [0.15, 0.2) is 11.5 Å². The number of carbonyl (C=O) groups excluding carboxylic acids is 1. The molecule has 0 radical (unpaired) electrons. The summed E-state index contributed by atoms with van der Waals surface area (Å²) in [6.07, 6.45) is 8.34. The van der Waals surface area contributed by atoms with Gasteiger partial charge in [0.05, 0.1) is 11.9 Å². The summed E-state index contributed by atoms with van der Waals surface area (Å²) in [4.78, 5) is 29.9. The van der Waals surface area contributed by atoms with Gasteiger partial charge in [-0.15, -0.1) is 0 Å². The number of nitrogens with zero attached hydrogens (tertiary/aromatic N) is 7. The van der Waals surface area contributed by atoms with E-state index in [0.29, 0.717) is 60.0 Å². The van der Waals surface area contributed by atoms with Crippen molar-refractivity contribution >= 4 is 36.7 Å². The first-order valence-electron chi connectivity index (χ1n) is 13.8. The number of aryl methyl sites for hydroxylation is 1. The number of ether oxygens (including phenoxy) is 2. The first-order chi connectivity index (χ1) is 20.6. The Hall–Kier alpha value is -4.88. The van der Waals surface area contributed by atoms with E-state index in [1.165, 1.54) is 6.08 Å². The first kappa shape index (κ1) is 29.6. The van der Waals surface area contributed by atoms with E-state index < -0.39 is 8.07 Å². The summed E-state index contributed by atoms with van der Waals surface area (Å²) in [5.74, 6) is 1.46. The van der Waals surface area contributed by atoms with E-state index in [2.05, 4.69) is 41.5 Å². The highest BCUT2D eigenvalue weighted by Crippen LogP contribution is 2.33. The van der Waals surface area contributed by atoms with Gasteiger partial charge < -0.3 is 25.1 Å². The lowest BCUT2D eigenvalue weighted by atomic mass is 10.1. The second-order valence-corrected chi connectivity index (χ2v) is 16.9. The quantitative estimate of drug-likeness (QED) is 0.112. The van der Waals surface area contributed by atoms with Gasteiger partial charge in [-0.3, -0.25) is 9.48 Å². The van der Waals surface area contributed by atoms with Crippen molar-refractivity contribution in [2.75, 3.05) is 17.7 Å². The summed E-state index contributed by atoms with van der Waals surface area (Å²) < 4.78 is 15.9. The van der Waals surface area contributed by atoms with Crippen LogP contribution in [0.1, 0.15) is 11.5 Å². The Morgan fingerprint density at radius 1 is 1.14 bits per heavy atom. The largest absolute Gasteiger partial charge is 0.437 e. The summed E-state index contributed by atoms with van der Waals surface area (Å²) in [7, 11) is -1.23. The SMILES string of the molecule is C=CC(=O)Nc1cccc(Oc2cnc3c(n2)c(-c2cn(Cc4nccc(N)n4)nc2C)cn3COCC[Si](C)(C)C)c1. The summed E-state index contributed by atoms with van der Waals surface area (Å²) in [5.41, 5.74) is 10.2. The zero-order valence-corrected chi connectivity index (χ0v) is 25.7. The summed E-state index contributed by atoms with van der Waals surface area (Å²) in [6, 6.07) is 9.74. The van der Waals surface area contributed by atoms with Crippen LogP contribution >= 0.6 is 0 Å². The zero-order valence-electron chi connectivity index (χ0n) is 24.7. The minimum atomic E-state index is -1.23. The molecule has 13 heteroatoms. The molecule has 12 nitrogen and oxygen atoms in total. The van der Waals surface area contributed by atoms with Crippen molar-refractivity contribution in [2.45, 2.75) is 45.9 Å². The van der Waals surface area contributed by atoms with Crippen LogP contribution in [0.3, 0.4) is 0 Å². The van der Waals surface area contributed by atoms with Gasteiger partial charge in [0.2, 0.25) is 11.8 Å². The van der Waals surface area contributed by atoms with Gasteiger partial charge >= 0.3 is 0 Å². The van der Waals surface area contributed by atoms with Crippen molar-refractivity contribution in [2.24, 2.45) is 0 Å². The average molecular weight is 598 g/mol. The maximum Gasteiger partial charge on any atom is 0.247 e. The molecule has 222 valence electrons. The van der Waals surface area contributed by atoms with Crippen molar-refractivity contribution in [1.29, 1.82) is 0 Å². The average Bonchev–Trinajstić information content (AvgIpc) is 3.49. The lowest BCUT2D eigenvalue weighted by Gasteiger charge is -2.15. The fourth-order valence-electron chi connectivity index (χ4n) is 4.37. The number of hydrogen-bond acceptors (Lipinski definition) is 9. The van der Waals surface area contributed by atoms with Crippen molar-refractivity contribution in [3.8, 4) is 22.8 Å². The molecule has 0 aliphatic rings. The van der Waals surface area contributed by atoms with Gasteiger partial charge in [-0.1, -0.05) is 32.3 Å². The molecule has 0 spiro atoms. The number of nitrogen functional groups attached to an aromatic ring is 1. The molecule has 0 atom stereocenters. The van der Waals surface area contributed by atoms with E-state index in [1.807, 2.05) is 23.9 Å². The topological polar surface area (TPSA) is 148 Å². The Morgan fingerprint density at radius 3 is 2.74 bits per heavy atom. The van der Waals surface area contributed by atoms with Crippen molar-refractivity contribution in [1.82, 2.24) is 34.3 Å². The van der Waals surface area contributed by atoms with E-state index in [9.17, 15) is 4.79 Å². The normalized spacial score (nSPS) is 11.5. The van der Waals surface area contributed by atoms with Gasteiger partial charge in [0, 0.05) is 56.2 Å². The zero-order chi connectivity index (χ0) is 30.6. The Labute approximate surface area is 250 Å². The van der Waals surface area contributed by atoms with E-state index in [1.54, 1.807) is 47.4 Å². The summed E-state index contributed by atoms with van der Waals surface area (Å²) in [5, 5.41) is 7.43. The third kappa shape index (κ3) is 7.50. The van der Waals surface area contributed by atoms with Gasteiger partial charge in [0.25, 0.3) is 0 Å². The standard InChI is InChI=1S/C30H35N9O3Si/c1-6-27(40)34-21-8-7-9-22(14-21)42-28-15-33-30-29(36-28)24(16-38(30)19-41-12-13-43(3,4)5)23-17-39(37-20(23)2)18-26-32-11-10-25(31)35-26/h6-11,14-17H,1,12-13,18-19H2,2-5H3,(H,34,40)(H2,31,32,35). The molecule has 0 aliphatic heterocycles. The fourth-order valence-corrected chi connectivity index (χ4v) is 5.13. The van der Waals surface area contributed by atoms with E-state index >= 15 is 0 Å². The van der Waals surface area contributed by atoms with Crippen LogP contribution in [0.15, 0.2) is 67.8 Å². The number of nitrogens with one attached hydrogen (secondary N) is 1. The summed E-state index contributed by atoms with van der Waals surface area (Å²) in [6.45, 7) is 13.8. The first-order valence-corrected chi connectivity index (χ1v) is 17.6. The highest BCUT2D eigenvalue weighted by molar-refractivity contribution is 6.76. The Kier molecular flexibility index (Phi) is 8.64. The van der Waals surface area contributed by atoms with Crippen molar-refractivity contribution < 1.29 is 14.3 Å². The Morgan fingerprint density at radius 2 is 1.98 bits per heavy atom. The number of fused-ring (bicyclic) bond motifs is 1. The molecule has 0 aliphatic carbocycles. The highest BCUT2D eigenvalue weighted by atomic mass is 28.3. The minimum Gasteiger partial charge on any atom is -0.437 e. The molecule has 4 heterocycles. The fraction of sp³-hybridized carbons (Fsp3) is 0.267. The smallest absolute Gasteiger partial charge is 0.247 e. The molecule has 0 unspecified atom stereocenters. The molecule has 3 N–H and O–H groups in total. The number of carbonyl (C=O) groups is 1. The molecule has 0 saturated carbocycles. The van der Waals surface area contributed by atoms with Crippen molar-refractivity contribution in [3.63, 3.8) is 0 Å². The van der Waals surface area contributed by atoms with Gasteiger partial charge in [-0.25, -0.2) is 19.9 Å². The molecule has 0 fully saturated rings. The number of benzene rings is 1.